The second-order valence-corrected chi connectivity index (χ2v) is 5.15. The lowest BCUT2D eigenvalue weighted by molar-refractivity contribution is 0.131. The molecule has 5 heteroatoms. The van der Waals surface area contributed by atoms with Gasteiger partial charge in [0.25, 0.3) is 5.56 Å². The first-order chi connectivity index (χ1) is 10.1. The Labute approximate surface area is 122 Å². The van der Waals surface area contributed by atoms with Gasteiger partial charge < -0.3 is 9.30 Å². The Bertz CT molecular complexity index is 709. The molecule has 0 spiro atoms. The number of rotatable bonds is 3. The van der Waals surface area contributed by atoms with Gasteiger partial charge in [0.2, 0.25) is 0 Å². The summed E-state index contributed by atoms with van der Waals surface area (Å²) < 4.78 is 6.91. The van der Waals surface area contributed by atoms with E-state index in [1.807, 2.05) is 43.3 Å². The maximum atomic E-state index is 11.9. The van der Waals surface area contributed by atoms with E-state index >= 15 is 0 Å². The van der Waals surface area contributed by atoms with Crippen LogP contribution in [0.25, 0.3) is 0 Å². The fourth-order valence-corrected chi connectivity index (χ4v) is 2.41. The Morgan fingerprint density at radius 2 is 1.95 bits per heavy atom. The van der Waals surface area contributed by atoms with Gasteiger partial charge in [-0.3, -0.25) is 9.69 Å². The molecule has 1 aliphatic rings. The standard InChI is InChI=1S/C16H16N2O3/c1-12-7-8-17(15(19)9-12)10-14-11-18(16(20)21-14)13-5-3-2-4-6-13/h2-9,14H,10-11H2,1H3/t14-/m1/s1. The molecule has 1 aliphatic heterocycles. The lowest BCUT2D eigenvalue weighted by Crippen LogP contribution is -2.29. The van der Waals surface area contributed by atoms with Gasteiger partial charge in [-0.1, -0.05) is 18.2 Å². The predicted octanol–water partition coefficient (Wildman–Crippen LogP) is 2.18. The molecular formula is C16H16N2O3. The van der Waals surface area contributed by atoms with E-state index in [4.69, 9.17) is 4.74 Å². The molecular weight excluding hydrogens is 268 g/mol. The number of benzene rings is 1. The van der Waals surface area contributed by atoms with E-state index in [0.717, 1.165) is 11.3 Å². The van der Waals surface area contributed by atoms with E-state index in [1.54, 1.807) is 21.7 Å². The highest BCUT2D eigenvalue weighted by Gasteiger charge is 2.32. The summed E-state index contributed by atoms with van der Waals surface area (Å²) in [4.78, 5) is 25.4. The summed E-state index contributed by atoms with van der Waals surface area (Å²) in [5.74, 6) is 0. The molecule has 0 saturated carbocycles. The highest BCUT2D eigenvalue weighted by atomic mass is 16.6. The Hall–Kier alpha value is -2.56. The van der Waals surface area contributed by atoms with E-state index in [0.29, 0.717) is 13.1 Å². The molecule has 3 rings (SSSR count). The quantitative estimate of drug-likeness (QED) is 0.868. The number of ether oxygens (including phenoxy) is 1. The molecule has 1 fully saturated rings. The Morgan fingerprint density at radius 3 is 2.67 bits per heavy atom. The molecule has 1 amide bonds. The van der Waals surface area contributed by atoms with Gasteiger partial charge in [-0.2, -0.15) is 0 Å². The predicted molar refractivity (Wildman–Crippen MR) is 79.5 cm³/mol. The molecule has 1 aromatic carbocycles. The zero-order valence-electron chi connectivity index (χ0n) is 11.7. The molecule has 2 heterocycles. The number of pyridine rings is 1. The van der Waals surface area contributed by atoms with E-state index in [2.05, 4.69) is 0 Å². The SMILES string of the molecule is Cc1ccn(C[C@@H]2CN(c3ccccc3)C(=O)O2)c(=O)c1. The van der Waals surface area contributed by atoms with Crippen LogP contribution >= 0.6 is 0 Å². The summed E-state index contributed by atoms with van der Waals surface area (Å²) in [6, 6.07) is 12.8. The van der Waals surface area contributed by atoms with Crippen LogP contribution in [0.4, 0.5) is 10.5 Å². The van der Waals surface area contributed by atoms with Crippen molar-refractivity contribution in [3.63, 3.8) is 0 Å². The van der Waals surface area contributed by atoms with Crippen molar-refractivity contribution in [2.24, 2.45) is 0 Å². The van der Waals surface area contributed by atoms with Gasteiger partial charge >= 0.3 is 6.09 Å². The number of aromatic nitrogens is 1. The van der Waals surface area contributed by atoms with Gasteiger partial charge in [0, 0.05) is 18.0 Å². The minimum Gasteiger partial charge on any atom is -0.442 e. The first-order valence-electron chi connectivity index (χ1n) is 6.84. The van der Waals surface area contributed by atoms with E-state index in [1.165, 1.54) is 0 Å². The Kier molecular flexibility index (Phi) is 3.48. The van der Waals surface area contributed by atoms with Crippen molar-refractivity contribution in [1.82, 2.24) is 4.57 Å². The number of carbonyl (C=O) groups excluding carboxylic acids is 1. The summed E-state index contributed by atoms with van der Waals surface area (Å²) in [5, 5.41) is 0. The molecule has 108 valence electrons. The van der Waals surface area contributed by atoms with E-state index in [-0.39, 0.29) is 17.8 Å². The van der Waals surface area contributed by atoms with Crippen molar-refractivity contribution in [3.8, 4) is 0 Å². The van der Waals surface area contributed by atoms with Crippen LogP contribution in [0.5, 0.6) is 0 Å². The number of para-hydroxylation sites is 1. The Balaban J connectivity index is 1.74. The molecule has 1 aromatic heterocycles. The molecule has 0 aliphatic carbocycles. The topological polar surface area (TPSA) is 51.5 Å². The minimum atomic E-state index is -0.369. The average Bonchev–Trinajstić information content (AvgIpc) is 2.84. The largest absolute Gasteiger partial charge is 0.442 e. The number of carbonyl (C=O) groups is 1. The van der Waals surface area contributed by atoms with Crippen molar-refractivity contribution in [3.05, 3.63) is 64.6 Å². The number of hydrogen-bond donors (Lipinski definition) is 0. The smallest absolute Gasteiger partial charge is 0.414 e. The number of amides is 1. The molecule has 2 aromatic rings. The second kappa shape index (κ2) is 5.44. The lowest BCUT2D eigenvalue weighted by atomic mass is 10.2. The highest BCUT2D eigenvalue weighted by molar-refractivity contribution is 5.89. The lowest BCUT2D eigenvalue weighted by Gasteiger charge is -2.13. The van der Waals surface area contributed by atoms with E-state index < -0.39 is 0 Å². The maximum absolute atomic E-state index is 11.9. The molecule has 0 bridgehead atoms. The molecule has 1 saturated heterocycles. The van der Waals surface area contributed by atoms with Crippen LogP contribution < -0.4 is 10.5 Å². The van der Waals surface area contributed by atoms with Crippen molar-refractivity contribution in [2.75, 3.05) is 11.4 Å². The summed E-state index contributed by atoms with van der Waals surface area (Å²) in [6.45, 7) is 2.69. The fourth-order valence-electron chi connectivity index (χ4n) is 2.41. The first-order valence-corrected chi connectivity index (χ1v) is 6.84. The third-order valence-corrected chi connectivity index (χ3v) is 3.49. The molecule has 0 N–H and O–H groups in total. The minimum absolute atomic E-state index is 0.0794. The maximum Gasteiger partial charge on any atom is 0.414 e. The molecule has 21 heavy (non-hydrogen) atoms. The molecule has 0 radical (unpaired) electrons. The van der Waals surface area contributed by atoms with Crippen molar-refractivity contribution in [1.29, 1.82) is 0 Å². The van der Waals surface area contributed by atoms with Crippen LogP contribution in [0.3, 0.4) is 0 Å². The van der Waals surface area contributed by atoms with Crippen molar-refractivity contribution in [2.45, 2.75) is 19.6 Å². The first kappa shape index (κ1) is 13.4. The summed E-state index contributed by atoms with van der Waals surface area (Å²) in [5.41, 5.74) is 1.65. The van der Waals surface area contributed by atoms with Crippen LogP contribution in [0, 0.1) is 6.92 Å². The normalized spacial score (nSPS) is 17.9. The van der Waals surface area contributed by atoms with Crippen LogP contribution in [-0.4, -0.2) is 23.3 Å². The van der Waals surface area contributed by atoms with Crippen LogP contribution in [0.1, 0.15) is 5.56 Å². The molecule has 0 unspecified atom stereocenters. The molecule has 1 atom stereocenters. The average molecular weight is 284 g/mol. The highest BCUT2D eigenvalue weighted by Crippen LogP contribution is 2.21. The number of aryl methyl sites for hydroxylation is 1. The fraction of sp³-hybridized carbons (Fsp3) is 0.250. The number of hydrogen-bond acceptors (Lipinski definition) is 3. The zero-order valence-corrected chi connectivity index (χ0v) is 11.7. The third-order valence-electron chi connectivity index (χ3n) is 3.49. The van der Waals surface area contributed by atoms with Gasteiger partial charge in [-0.15, -0.1) is 0 Å². The second-order valence-electron chi connectivity index (χ2n) is 5.15. The van der Waals surface area contributed by atoms with Crippen molar-refractivity contribution >= 4 is 11.8 Å². The number of cyclic esters (lactones) is 1. The number of anilines is 1. The van der Waals surface area contributed by atoms with Crippen molar-refractivity contribution < 1.29 is 9.53 Å². The van der Waals surface area contributed by atoms with E-state index in [9.17, 15) is 9.59 Å². The number of nitrogens with zero attached hydrogens (tertiary/aromatic N) is 2. The third kappa shape index (κ3) is 2.81. The van der Waals surface area contributed by atoms with Gasteiger partial charge in [0.15, 0.2) is 0 Å². The van der Waals surface area contributed by atoms with Crippen LogP contribution in [0.2, 0.25) is 0 Å². The van der Waals surface area contributed by atoms with Crippen LogP contribution in [0.15, 0.2) is 53.5 Å². The zero-order chi connectivity index (χ0) is 14.8. The molecule has 5 nitrogen and oxygen atoms in total. The van der Waals surface area contributed by atoms with Gasteiger partial charge in [0.1, 0.15) is 6.10 Å². The summed E-state index contributed by atoms with van der Waals surface area (Å²) in [7, 11) is 0. The summed E-state index contributed by atoms with van der Waals surface area (Å²) >= 11 is 0. The monoisotopic (exact) mass is 284 g/mol. The van der Waals surface area contributed by atoms with Gasteiger partial charge in [-0.05, 0) is 30.7 Å². The Morgan fingerprint density at radius 1 is 1.19 bits per heavy atom. The van der Waals surface area contributed by atoms with Gasteiger partial charge in [0.05, 0.1) is 13.1 Å². The van der Waals surface area contributed by atoms with Gasteiger partial charge in [-0.25, -0.2) is 4.79 Å². The van der Waals surface area contributed by atoms with Crippen LogP contribution in [-0.2, 0) is 11.3 Å². The summed E-state index contributed by atoms with van der Waals surface area (Å²) in [6.07, 6.45) is 1.04.